The van der Waals surface area contributed by atoms with Crippen molar-refractivity contribution in [2.45, 2.75) is 57.2 Å². The predicted octanol–water partition coefficient (Wildman–Crippen LogP) is 0.742. The second-order valence-corrected chi connectivity index (χ2v) is 6.00. The van der Waals surface area contributed by atoms with Crippen LogP contribution in [-0.2, 0) is 18.4 Å². The number of rotatable bonds is 3. The molecule has 1 aromatic heterocycles. The van der Waals surface area contributed by atoms with Crippen molar-refractivity contribution < 1.29 is 4.79 Å². The summed E-state index contributed by atoms with van der Waals surface area (Å²) in [5.74, 6) is 1.53. The summed E-state index contributed by atoms with van der Waals surface area (Å²) < 4.78 is 1.65. The minimum absolute atomic E-state index is 0.0435. The zero-order valence-electron chi connectivity index (χ0n) is 12.0. The van der Waals surface area contributed by atoms with E-state index in [9.17, 15) is 4.79 Å². The average molecular weight is 277 g/mol. The van der Waals surface area contributed by atoms with Crippen molar-refractivity contribution in [2.75, 3.05) is 0 Å². The Hall–Kier alpha value is -1.43. The summed E-state index contributed by atoms with van der Waals surface area (Å²) >= 11 is 0. The lowest BCUT2D eigenvalue weighted by molar-refractivity contribution is -0.124. The van der Waals surface area contributed by atoms with Gasteiger partial charge in [0.2, 0.25) is 5.91 Å². The molecule has 1 aliphatic heterocycles. The van der Waals surface area contributed by atoms with Gasteiger partial charge < -0.3 is 10.6 Å². The summed E-state index contributed by atoms with van der Waals surface area (Å²) in [5.41, 5.74) is 0. The maximum absolute atomic E-state index is 12.2. The van der Waals surface area contributed by atoms with Crippen LogP contribution in [0.25, 0.3) is 0 Å². The summed E-state index contributed by atoms with van der Waals surface area (Å²) in [6, 6.07) is 0.499. The van der Waals surface area contributed by atoms with E-state index in [1.807, 2.05) is 7.05 Å². The van der Waals surface area contributed by atoms with Gasteiger partial charge in [-0.2, -0.15) is 5.10 Å². The van der Waals surface area contributed by atoms with Crippen molar-refractivity contribution in [3.05, 3.63) is 12.2 Å². The number of nitrogens with one attached hydrogen (secondary N) is 2. The van der Waals surface area contributed by atoms with Gasteiger partial charge in [0.1, 0.15) is 6.33 Å². The van der Waals surface area contributed by atoms with Gasteiger partial charge in [-0.1, -0.05) is 12.8 Å². The number of carbonyl (C=O) groups is 1. The fraction of sp³-hybridized carbons (Fsp3) is 0.786. The first-order chi connectivity index (χ1) is 9.72. The normalized spacial score (nSPS) is 29.8. The first-order valence-corrected chi connectivity index (χ1v) is 7.60. The number of piperidine rings is 1. The zero-order valence-corrected chi connectivity index (χ0v) is 12.0. The van der Waals surface area contributed by atoms with Crippen molar-refractivity contribution in [1.29, 1.82) is 0 Å². The van der Waals surface area contributed by atoms with Gasteiger partial charge in [0.05, 0.1) is 12.6 Å². The minimum atomic E-state index is -0.0435. The summed E-state index contributed by atoms with van der Waals surface area (Å²) in [5, 5.41) is 10.6. The smallest absolute Gasteiger partial charge is 0.237 e. The van der Waals surface area contributed by atoms with Crippen LogP contribution in [0.4, 0.5) is 0 Å². The Balaban J connectivity index is 1.50. The van der Waals surface area contributed by atoms with E-state index in [1.165, 1.54) is 32.1 Å². The lowest BCUT2D eigenvalue weighted by Crippen LogP contribution is -2.54. The van der Waals surface area contributed by atoms with Gasteiger partial charge in [-0.25, -0.2) is 4.98 Å². The SMILES string of the molecule is Cn1cnc(CNC(=O)C2CCC3CCCCC3N2)n1. The highest BCUT2D eigenvalue weighted by Crippen LogP contribution is 2.32. The second-order valence-electron chi connectivity index (χ2n) is 6.00. The van der Waals surface area contributed by atoms with Gasteiger partial charge in [-0.3, -0.25) is 9.48 Å². The van der Waals surface area contributed by atoms with Crippen LogP contribution >= 0.6 is 0 Å². The van der Waals surface area contributed by atoms with Gasteiger partial charge in [0.15, 0.2) is 5.82 Å². The molecule has 0 bridgehead atoms. The lowest BCUT2D eigenvalue weighted by atomic mass is 9.77. The van der Waals surface area contributed by atoms with Crippen LogP contribution in [0.3, 0.4) is 0 Å². The van der Waals surface area contributed by atoms with Gasteiger partial charge in [-0.15, -0.1) is 0 Å². The third-order valence-electron chi connectivity index (χ3n) is 4.53. The summed E-state index contributed by atoms with van der Waals surface area (Å²) in [4.78, 5) is 16.3. The van der Waals surface area contributed by atoms with Crippen LogP contribution in [0.15, 0.2) is 6.33 Å². The molecule has 0 aromatic carbocycles. The number of amides is 1. The number of hydrogen-bond donors (Lipinski definition) is 2. The Bertz CT molecular complexity index is 472. The Morgan fingerprint density at radius 3 is 3.05 bits per heavy atom. The van der Waals surface area contributed by atoms with Gasteiger partial charge in [0, 0.05) is 13.1 Å². The highest BCUT2D eigenvalue weighted by atomic mass is 16.2. The lowest BCUT2D eigenvalue weighted by Gasteiger charge is -2.39. The topological polar surface area (TPSA) is 71.8 Å². The molecule has 2 aliphatic rings. The quantitative estimate of drug-likeness (QED) is 0.855. The number of nitrogens with zero attached hydrogens (tertiary/aromatic N) is 3. The maximum Gasteiger partial charge on any atom is 0.237 e. The standard InChI is InChI=1S/C14H23N5O/c1-19-9-16-13(18-19)8-15-14(20)12-7-6-10-4-2-3-5-11(10)17-12/h9-12,17H,2-8H2,1H3,(H,15,20). The number of aromatic nitrogens is 3. The number of aryl methyl sites for hydroxylation is 1. The van der Waals surface area contributed by atoms with Gasteiger partial charge >= 0.3 is 0 Å². The third-order valence-corrected chi connectivity index (χ3v) is 4.53. The summed E-state index contributed by atoms with van der Waals surface area (Å²) in [6.45, 7) is 0.409. The van der Waals surface area contributed by atoms with Crippen molar-refractivity contribution in [2.24, 2.45) is 13.0 Å². The van der Waals surface area contributed by atoms with Crippen molar-refractivity contribution in [1.82, 2.24) is 25.4 Å². The molecule has 2 N–H and O–H groups in total. The molecule has 3 atom stereocenters. The summed E-state index contributed by atoms with van der Waals surface area (Å²) in [7, 11) is 1.82. The Labute approximate surface area is 119 Å². The minimum Gasteiger partial charge on any atom is -0.347 e. The molecule has 20 heavy (non-hydrogen) atoms. The van der Waals surface area contributed by atoms with Crippen molar-refractivity contribution >= 4 is 5.91 Å². The monoisotopic (exact) mass is 277 g/mol. The molecule has 0 spiro atoms. The van der Waals surface area contributed by atoms with Gasteiger partial charge in [-0.05, 0) is 31.6 Å². The molecule has 3 unspecified atom stereocenters. The van der Waals surface area contributed by atoms with Crippen LogP contribution in [0.1, 0.15) is 44.3 Å². The van der Waals surface area contributed by atoms with E-state index >= 15 is 0 Å². The third kappa shape index (κ3) is 3.00. The van der Waals surface area contributed by atoms with E-state index in [1.54, 1.807) is 11.0 Å². The summed E-state index contributed by atoms with van der Waals surface area (Å²) in [6.07, 6.45) is 8.96. The van der Waals surface area contributed by atoms with Crippen molar-refractivity contribution in [3.8, 4) is 0 Å². The zero-order chi connectivity index (χ0) is 13.9. The first-order valence-electron chi connectivity index (χ1n) is 7.60. The molecule has 1 saturated carbocycles. The maximum atomic E-state index is 12.2. The van der Waals surface area contributed by atoms with E-state index in [0.29, 0.717) is 18.4 Å². The molecular formula is C14H23N5O. The molecule has 2 fully saturated rings. The van der Waals surface area contributed by atoms with E-state index in [4.69, 9.17) is 0 Å². The van der Waals surface area contributed by atoms with Gasteiger partial charge in [0.25, 0.3) is 0 Å². The van der Waals surface area contributed by atoms with E-state index in [0.717, 1.165) is 12.3 Å². The highest BCUT2D eigenvalue weighted by molar-refractivity contribution is 5.81. The Morgan fingerprint density at radius 1 is 1.40 bits per heavy atom. The van der Waals surface area contributed by atoms with Crippen LogP contribution in [-0.4, -0.2) is 32.8 Å². The van der Waals surface area contributed by atoms with Crippen molar-refractivity contribution in [3.63, 3.8) is 0 Å². The van der Waals surface area contributed by atoms with E-state index in [-0.39, 0.29) is 11.9 Å². The highest BCUT2D eigenvalue weighted by Gasteiger charge is 2.34. The Morgan fingerprint density at radius 2 is 2.25 bits per heavy atom. The molecule has 0 radical (unpaired) electrons. The molecular weight excluding hydrogens is 254 g/mol. The largest absolute Gasteiger partial charge is 0.347 e. The van der Waals surface area contributed by atoms with E-state index in [2.05, 4.69) is 20.7 Å². The number of hydrogen-bond acceptors (Lipinski definition) is 4. The number of carbonyl (C=O) groups excluding carboxylic acids is 1. The molecule has 1 saturated heterocycles. The molecule has 6 nitrogen and oxygen atoms in total. The predicted molar refractivity (Wildman–Crippen MR) is 74.8 cm³/mol. The molecule has 2 heterocycles. The van der Waals surface area contributed by atoms with Crippen LogP contribution in [0.2, 0.25) is 0 Å². The fourth-order valence-corrected chi connectivity index (χ4v) is 3.46. The molecule has 110 valence electrons. The number of fused-ring (bicyclic) bond motifs is 1. The Kier molecular flexibility index (Phi) is 4.00. The van der Waals surface area contributed by atoms with E-state index < -0.39 is 0 Å². The molecule has 1 amide bonds. The van der Waals surface area contributed by atoms with Crippen LogP contribution < -0.4 is 10.6 Å². The average Bonchev–Trinajstić information content (AvgIpc) is 2.90. The van der Waals surface area contributed by atoms with Crippen LogP contribution in [0, 0.1) is 5.92 Å². The van der Waals surface area contributed by atoms with Crippen LogP contribution in [0.5, 0.6) is 0 Å². The second kappa shape index (κ2) is 5.91. The molecule has 1 aliphatic carbocycles. The molecule has 3 rings (SSSR count). The molecule has 1 aromatic rings. The fourth-order valence-electron chi connectivity index (χ4n) is 3.46. The molecule has 6 heteroatoms. The first kappa shape index (κ1) is 13.5.